The molecular formula is C28H25Cl2F3N2O5. The summed E-state index contributed by atoms with van der Waals surface area (Å²) in [6.45, 7) is -0.0798. The zero-order chi connectivity index (χ0) is 29.4. The molecule has 0 aliphatic heterocycles. The normalized spacial score (nSPS) is 12.8. The lowest BCUT2D eigenvalue weighted by Gasteiger charge is -2.30. The van der Waals surface area contributed by atoms with Crippen LogP contribution in [-0.4, -0.2) is 35.6 Å². The third kappa shape index (κ3) is 9.17. The van der Waals surface area contributed by atoms with Crippen LogP contribution >= 0.6 is 23.2 Å². The van der Waals surface area contributed by atoms with Crippen LogP contribution in [0, 0.1) is 0 Å². The Balaban J connectivity index is 2.02. The maximum Gasteiger partial charge on any atom is 0.389 e. The summed E-state index contributed by atoms with van der Waals surface area (Å²) in [5, 5.41) is 11.8. The highest BCUT2D eigenvalue weighted by Crippen LogP contribution is 2.41. The molecule has 0 bridgehead atoms. The Hall–Kier alpha value is -3.76. The summed E-state index contributed by atoms with van der Waals surface area (Å²) >= 11 is 12.2. The first-order valence-electron chi connectivity index (χ1n) is 12.0. The number of alkyl halides is 3. The van der Waals surface area contributed by atoms with Crippen LogP contribution in [0.4, 0.5) is 13.2 Å². The SMILES string of the molecule is NC(=O)c1cc(Cl)cc(OC(c2ccc(Cl)cc2)C(CCC(F)(F)F)c2ccc(C(=O)NCCC(=O)O)cc2)c1. The van der Waals surface area contributed by atoms with Crippen molar-refractivity contribution >= 4 is 41.0 Å². The number of carboxylic acids is 1. The maximum absolute atomic E-state index is 13.4. The average Bonchev–Trinajstić information content (AvgIpc) is 2.87. The van der Waals surface area contributed by atoms with Crippen LogP contribution in [0.15, 0.2) is 66.7 Å². The van der Waals surface area contributed by atoms with Crippen molar-refractivity contribution in [1.82, 2.24) is 5.32 Å². The molecule has 4 N–H and O–H groups in total. The number of carbonyl (C=O) groups is 3. The van der Waals surface area contributed by atoms with E-state index < -0.39 is 42.4 Å². The third-order valence-corrected chi connectivity index (χ3v) is 6.42. The topological polar surface area (TPSA) is 119 Å². The van der Waals surface area contributed by atoms with Gasteiger partial charge in [-0.05, 0) is 60.0 Å². The minimum absolute atomic E-state index is 0.0578. The van der Waals surface area contributed by atoms with E-state index >= 15 is 0 Å². The zero-order valence-electron chi connectivity index (χ0n) is 20.9. The van der Waals surface area contributed by atoms with Crippen molar-refractivity contribution < 1.29 is 37.4 Å². The third-order valence-electron chi connectivity index (χ3n) is 5.95. The summed E-state index contributed by atoms with van der Waals surface area (Å²) in [7, 11) is 0. The lowest BCUT2D eigenvalue weighted by atomic mass is 9.85. The van der Waals surface area contributed by atoms with Crippen LogP contribution in [0.2, 0.25) is 10.0 Å². The molecule has 7 nitrogen and oxygen atoms in total. The van der Waals surface area contributed by atoms with Crippen molar-refractivity contribution in [3.05, 3.63) is 99.0 Å². The molecule has 0 spiro atoms. The van der Waals surface area contributed by atoms with Crippen LogP contribution in [-0.2, 0) is 4.79 Å². The van der Waals surface area contributed by atoms with Gasteiger partial charge in [0.1, 0.15) is 11.9 Å². The van der Waals surface area contributed by atoms with Crippen molar-refractivity contribution in [2.24, 2.45) is 5.73 Å². The van der Waals surface area contributed by atoms with E-state index in [1.54, 1.807) is 24.3 Å². The number of benzene rings is 3. The number of carboxylic acid groups (broad SMARTS) is 1. The van der Waals surface area contributed by atoms with Gasteiger partial charge in [-0.15, -0.1) is 0 Å². The van der Waals surface area contributed by atoms with Crippen molar-refractivity contribution in [2.45, 2.75) is 37.5 Å². The van der Waals surface area contributed by atoms with Gasteiger partial charge in [0.15, 0.2) is 0 Å². The Bertz CT molecular complexity index is 1350. The number of ether oxygens (including phenoxy) is 1. The van der Waals surface area contributed by atoms with Crippen molar-refractivity contribution in [3.8, 4) is 5.75 Å². The lowest BCUT2D eigenvalue weighted by Crippen LogP contribution is -2.26. The molecule has 12 heteroatoms. The number of primary amides is 1. The van der Waals surface area contributed by atoms with E-state index in [0.29, 0.717) is 16.1 Å². The first kappa shape index (κ1) is 30.8. The molecule has 3 rings (SSSR count). The fraction of sp³-hybridized carbons (Fsp3) is 0.250. The van der Waals surface area contributed by atoms with Crippen LogP contribution < -0.4 is 15.8 Å². The minimum Gasteiger partial charge on any atom is -0.485 e. The maximum atomic E-state index is 13.4. The molecule has 0 fully saturated rings. The fourth-order valence-corrected chi connectivity index (χ4v) is 4.38. The van der Waals surface area contributed by atoms with E-state index in [2.05, 4.69) is 5.32 Å². The van der Waals surface area contributed by atoms with E-state index in [0.717, 1.165) is 0 Å². The van der Waals surface area contributed by atoms with Gasteiger partial charge in [0.2, 0.25) is 5.91 Å². The fourth-order valence-electron chi connectivity index (χ4n) is 4.03. The molecule has 0 aliphatic rings. The minimum atomic E-state index is -4.46. The summed E-state index contributed by atoms with van der Waals surface area (Å²) in [5.74, 6) is -3.11. The number of hydrogen-bond acceptors (Lipinski definition) is 4. The van der Waals surface area contributed by atoms with Gasteiger partial charge in [0.05, 0.1) is 6.42 Å². The molecule has 0 aromatic heterocycles. The monoisotopic (exact) mass is 596 g/mol. The van der Waals surface area contributed by atoms with E-state index in [4.69, 9.17) is 38.8 Å². The Kier molecular flexibility index (Phi) is 10.4. The van der Waals surface area contributed by atoms with Gasteiger partial charge in [-0.25, -0.2) is 0 Å². The predicted molar refractivity (Wildman–Crippen MR) is 144 cm³/mol. The standard InChI is InChI=1S/C28H25Cl2F3N2O5/c29-20-7-5-17(6-8-20)25(40-22-14-19(26(34)38)13-21(30)15-22)23(9-11-28(31,32)33)16-1-3-18(4-2-16)27(39)35-12-10-24(36)37/h1-8,13-15,23,25H,9-12H2,(H2,34,38)(H,35,39)(H,36,37). The summed E-state index contributed by atoms with van der Waals surface area (Å²) < 4.78 is 46.4. The van der Waals surface area contributed by atoms with Crippen LogP contribution in [0.1, 0.15) is 63.1 Å². The van der Waals surface area contributed by atoms with Gasteiger partial charge >= 0.3 is 12.1 Å². The molecule has 212 valence electrons. The van der Waals surface area contributed by atoms with Crippen molar-refractivity contribution in [2.75, 3.05) is 6.54 Å². The highest BCUT2D eigenvalue weighted by Gasteiger charge is 2.34. The van der Waals surface area contributed by atoms with Gasteiger partial charge < -0.3 is 20.9 Å². The Labute approximate surface area is 238 Å². The molecule has 0 radical (unpaired) electrons. The smallest absolute Gasteiger partial charge is 0.389 e. The lowest BCUT2D eigenvalue weighted by molar-refractivity contribution is -0.138. The van der Waals surface area contributed by atoms with E-state index in [9.17, 15) is 27.6 Å². The second-order valence-electron chi connectivity index (χ2n) is 8.91. The van der Waals surface area contributed by atoms with E-state index in [-0.39, 0.29) is 41.3 Å². The average molecular weight is 597 g/mol. The Morgan fingerprint density at radius 2 is 1.52 bits per heavy atom. The number of nitrogens with two attached hydrogens (primary N) is 1. The molecule has 2 amide bonds. The van der Waals surface area contributed by atoms with Crippen molar-refractivity contribution in [1.29, 1.82) is 0 Å². The predicted octanol–water partition coefficient (Wildman–Crippen LogP) is 6.54. The summed E-state index contributed by atoms with van der Waals surface area (Å²) in [6.07, 6.45) is -7.20. The first-order valence-corrected chi connectivity index (χ1v) is 12.8. The molecule has 0 heterocycles. The van der Waals surface area contributed by atoms with Gasteiger partial charge in [-0.2, -0.15) is 13.2 Å². The van der Waals surface area contributed by atoms with Gasteiger partial charge in [0, 0.05) is 40.1 Å². The van der Waals surface area contributed by atoms with Gasteiger partial charge in [-0.3, -0.25) is 14.4 Å². The summed E-state index contributed by atoms with van der Waals surface area (Å²) in [4.78, 5) is 34.8. The zero-order valence-corrected chi connectivity index (χ0v) is 22.4. The highest BCUT2D eigenvalue weighted by molar-refractivity contribution is 6.31. The van der Waals surface area contributed by atoms with Gasteiger partial charge in [-0.1, -0.05) is 47.5 Å². The molecule has 3 aromatic carbocycles. The Morgan fingerprint density at radius 3 is 2.10 bits per heavy atom. The summed E-state index contributed by atoms with van der Waals surface area (Å²) in [5.41, 5.74) is 6.60. The van der Waals surface area contributed by atoms with Crippen LogP contribution in [0.3, 0.4) is 0 Å². The molecule has 0 saturated carbocycles. The molecule has 2 unspecified atom stereocenters. The van der Waals surface area contributed by atoms with E-state index in [1.807, 2.05) is 0 Å². The molecule has 40 heavy (non-hydrogen) atoms. The molecule has 3 aromatic rings. The number of halogens is 5. The molecule has 0 aliphatic carbocycles. The summed E-state index contributed by atoms with van der Waals surface area (Å²) in [6, 6.07) is 16.4. The number of amides is 2. The van der Waals surface area contributed by atoms with Crippen LogP contribution in [0.5, 0.6) is 5.75 Å². The van der Waals surface area contributed by atoms with Gasteiger partial charge in [0.25, 0.3) is 5.91 Å². The Morgan fingerprint density at radius 1 is 0.900 bits per heavy atom. The molecule has 0 saturated heterocycles. The molecular weight excluding hydrogens is 572 g/mol. The van der Waals surface area contributed by atoms with Crippen molar-refractivity contribution in [3.63, 3.8) is 0 Å². The number of hydrogen-bond donors (Lipinski definition) is 3. The largest absolute Gasteiger partial charge is 0.485 e. The quantitative estimate of drug-likeness (QED) is 0.219. The van der Waals surface area contributed by atoms with Crippen LogP contribution in [0.25, 0.3) is 0 Å². The number of rotatable bonds is 12. The number of carbonyl (C=O) groups excluding carboxylic acids is 2. The second-order valence-corrected chi connectivity index (χ2v) is 9.78. The highest BCUT2D eigenvalue weighted by atomic mass is 35.5. The second kappa shape index (κ2) is 13.5. The van der Waals surface area contributed by atoms with E-state index in [1.165, 1.54) is 42.5 Å². The molecule has 2 atom stereocenters. The number of nitrogens with one attached hydrogen (secondary N) is 1. The first-order chi connectivity index (χ1) is 18.8. The number of aliphatic carboxylic acids is 1.